The van der Waals surface area contributed by atoms with Crippen LogP contribution in [0.15, 0.2) is 79.8 Å². The Labute approximate surface area is 560 Å². The summed E-state index contributed by atoms with van der Waals surface area (Å²) in [5.74, 6) is 0.455. The van der Waals surface area contributed by atoms with Gasteiger partial charge in [0.2, 0.25) is 0 Å². The molecule has 0 aliphatic heterocycles. The predicted molar refractivity (Wildman–Crippen MR) is 408 cm³/mol. The maximum Gasteiger partial charge on any atom is 0.261 e. The molecule has 6 heterocycles. The van der Waals surface area contributed by atoms with Crippen molar-refractivity contribution in [1.82, 2.24) is 9.13 Å². The maximum atomic E-state index is 16.0. The van der Waals surface area contributed by atoms with Gasteiger partial charge < -0.3 is 0 Å². The molecule has 0 radical (unpaired) electrons. The van der Waals surface area contributed by atoms with Gasteiger partial charge in [-0.2, -0.15) is 0 Å². The van der Waals surface area contributed by atoms with E-state index >= 15 is 19.2 Å². The van der Waals surface area contributed by atoms with Crippen molar-refractivity contribution in [2.75, 3.05) is 0 Å². The molecule has 2 unspecified atom stereocenters. The molecule has 0 saturated heterocycles. The van der Waals surface area contributed by atoms with Gasteiger partial charge in [0.25, 0.3) is 22.2 Å². The van der Waals surface area contributed by atoms with Crippen LogP contribution in [0.4, 0.5) is 0 Å². The van der Waals surface area contributed by atoms with Crippen LogP contribution in [0.25, 0.3) is 126 Å². The zero-order valence-electron chi connectivity index (χ0n) is 56.1. The summed E-state index contributed by atoms with van der Waals surface area (Å²) in [6.07, 6.45) is 38.7. The number of rotatable bonds is 38. The second-order valence-corrected chi connectivity index (χ2v) is 32.9. The Bertz CT molecular complexity index is 4610. The predicted octanol–water partition coefficient (Wildman–Crippen LogP) is 25.4. The van der Waals surface area contributed by atoms with Gasteiger partial charge in [-0.3, -0.25) is 28.3 Å². The van der Waals surface area contributed by atoms with Crippen LogP contribution in [-0.4, -0.2) is 9.13 Å². The lowest BCUT2D eigenvalue weighted by Gasteiger charge is -2.25. The van der Waals surface area contributed by atoms with Crippen molar-refractivity contribution in [1.29, 1.82) is 0 Å². The summed E-state index contributed by atoms with van der Waals surface area (Å²) >= 11 is 7.19. The molecule has 6 aromatic heterocycles. The quantitative estimate of drug-likeness (QED) is 0.0219. The lowest BCUT2D eigenvalue weighted by atomic mass is 9.79. The van der Waals surface area contributed by atoms with Crippen LogP contribution in [0.2, 0.25) is 0 Å². The first kappa shape index (κ1) is 65.2. The standard InChI is InChI=1S/C82H98N2O4S4/c1-7-11-15-19-23-25-29-33-37-53(35-31-27-21-17-13-9-3)49-83-79(85)61-44-55-57-43-52(6)90-77(57)59-46-63-70-62(80(86)84(81(63)87)50-54(36-32-28-22-18-14-10-4)38-34-30-26-24-20-16-12-8-2)45-56-58-48-68(67-42-41-66(91-67)65-40-39-51(5)89-65)92-78(58)60-47-64(82(83)88)69(61)75-71(55)73(59)76(70)72(56)74(60)75/h39-48,53-54H,7-38,49-50H2,1-6H3. The van der Waals surface area contributed by atoms with Gasteiger partial charge in [0.1, 0.15) is 0 Å². The highest BCUT2D eigenvalue weighted by Gasteiger charge is 2.32. The lowest BCUT2D eigenvalue weighted by molar-refractivity contribution is 0.350. The van der Waals surface area contributed by atoms with Crippen molar-refractivity contribution in [3.63, 3.8) is 0 Å². The Morgan fingerprint density at radius 2 is 0.609 bits per heavy atom. The van der Waals surface area contributed by atoms with Crippen molar-refractivity contribution in [3.8, 4) is 19.5 Å². The van der Waals surface area contributed by atoms with E-state index in [1.54, 1.807) is 31.8 Å². The number of hydrogen-bond acceptors (Lipinski definition) is 8. The van der Waals surface area contributed by atoms with E-state index in [1.165, 1.54) is 174 Å². The van der Waals surface area contributed by atoms with Gasteiger partial charge in [0, 0.05) is 127 Å². The molecule has 6 nitrogen and oxygen atoms in total. The minimum absolute atomic E-state index is 0.178. The number of benzene rings is 7. The van der Waals surface area contributed by atoms with Gasteiger partial charge in [-0.05, 0) is 134 Å². The summed E-state index contributed by atoms with van der Waals surface area (Å²) < 4.78 is 5.53. The van der Waals surface area contributed by atoms with Crippen LogP contribution in [0.5, 0.6) is 0 Å². The largest absolute Gasteiger partial charge is 0.274 e. The maximum absolute atomic E-state index is 16.0. The van der Waals surface area contributed by atoms with Gasteiger partial charge in [-0.25, -0.2) is 0 Å². The fourth-order valence-electron chi connectivity index (χ4n) is 16.6. The summed E-state index contributed by atoms with van der Waals surface area (Å²) in [6, 6.07) is 22.3. The number of aromatic nitrogens is 2. The topological polar surface area (TPSA) is 78.1 Å². The minimum Gasteiger partial charge on any atom is -0.274 e. The molecule has 484 valence electrons. The van der Waals surface area contributed by atoms with Crippen LogP contribution in [0, 0.1) is 25.7 Å². The van der Waals surface area contributed by atoms with Crippen molar-refractivity contribution >= 4 is 152 Å². The van der Waals surface area contributed by atoms with Crippen molar-refractivity contribution in [2.24, 2.45) is 11.8 Å². The van der Waals surface area contributed by atoms with E-state index in [4.69, 9.17) is 0 Å². The van der Waals surface area contributed by atoms with Gasteiger partial charge in [-0.1, -0.05) is 207 Å². The van der Waals surface area contributed by atoms with Gasteiger partial charge in [0.05, 0.1) is 0 Å². The number of aryl methyl sites for hydroxylation is 2. The van der Waals surface area contributed by atoms with Crippen molar-refractivity contribution in [2.45, 2.75) is 260 Å². The van der Waals surface area contributed by atoms with E-state index in [1.807, 2.05) is 22.7 Å². The summed E-state index contributed by atoms with van der Waals surface area (Å²) in [4.78, 5) is 71.0. The third-order valence-corrected chi connectivity index (χ3v) is 26.2. The first-order valence-corrected chi connectivity index (χ1v) is 39.8. The summed E-state index contributed by atoms with van der Waals surface area (Å²) in [7, 11) is 0. The van der Waals surface area contributed by atoms with Crippen LogP contribution < -0.4 is 22.2 Å². The number of unbranched alkanes of at least 4 members (excludes halogenated alkanes) is 24. The van der Waals surface area contributed by atoms with E-state index in [2.05, 4.69) is 102 Å². The highest BCUT2D eigenvalue weighted by Crippen LogP contribution is 2.57. The second kappa shape index (κ2) is 29.2. The fraction of sp³-hybridized carbons (Fsp3) is 0.512. The first-order valence-electron chi connectivity index (χ1n) is 36.5. The van der Waals surface area contributed by atoms with E-state index < -0.39 is 0 Å². The molecule has 7 aromatic carbocycles. The molecule has 0 fully saturated rings. The summed E-state index contributed by atoms with van der Waals surface area (Å²) in [5.41, 5.74) is -0.718. The zero-order valence-corrected chi connectivity index (χ0v) is 59.4. The molecule has 13 aromatic rings. The number of fused-ring (bicyclic) bond motifs is 6. The normalized spacial score (nSPS) is 13.4. The molecular formula is C82H98N2O4S4. The smallest absolute Gasteiger partial charge is 0.261 e. The van der Waals surface area contributed by atoms with Crippen LogP contribution in [0.3, 0.4) is 0 Å². The Morgan fingerprint density at radius 3 is 1.00 bits per heavy atom. The molecule has 0 spiro atoms. The number of thiophene rings is 4. The van der Waals surface area contributed by atoms with E-state index in [0.29, 0.717) is 34.6 Å². The monoisotopic (exact) mass is 1300 g/mol. The summed E-state index contributed by atoms with van der Waals surface area (Å²) in [5, 5.41) is 16.3. The van der Waals surface area contributed by atoms with Crippen molar-refractivity contribution in [3.05, 3.63) is 112 Å². The first-order chi connectivity index (χ1) is 45.0. The zero-order chi connectivity index (χ0) is 63.6. The third-order valence-electron chi connectivity index (χ3n) is 21.4. The van der Waals surface area contributed by atoms with Gasteiger partial charge >= 0.3 is 0 Å². The highest BCUT2D eigenvalue weighted by molar-refractivity contribution is 7.29. The summed E-state index contributed by atoms with van der Waals surface area (Å²) in [6.45, 7) is 14.3. The molecular weight excluding hydrogens is 1210 g/mol. The third kappa shape index (κ3) is 12.6. The molecule has 0 N–H and O–H groups in total. The molecule has 2 atom stereocenters. The number of hydrogen-bond donors (Lipinski definition) is 0. The van der Waals surface area contributed by atoms with E-state index in [9.17, 15) is 0 Å². The molecule has 0 bridgehead atoms. The average Bonchev–Trinajstić information content (AvgIpc) is 0.935. The molecule has 10 heteroatoms. The number of pyridine rings is 2. The minimum atomic E-state index is -0.181. The Morgan fingerprint density at radius 1 is 0.283 bits per heavy atom. The SMILES string of the molecule is CCCCCCCCCCC(CCCCCCCC)Cn1c(=O)c2cc3c4cc(-c5ccc(-c6ccc(C)s6)s5)sc4c4cc5c(=O)n(CC(CCCCCCCC)CCCCCCCCCC)c(=O)c6cc7c8cc(C)sc8c8cc(c1=O)c2c1c3c4c(c65)c7c81. The molecule has 0 aliphatic carbocycles. The second-order valence-electron chi connectivity index (χ2n) is 28.2. The van der Waals surface area contributed by atoms with Crippen LogP contribution in [0.1, 0.15) is 243 Å². The molecule has 13 rings (SSSR count). The Kier molecular flexibility index (Phi) is 20.7. The van der Waals surface area contributed by atoms with E-state index in [-0.39, 0.29) is 34.1 Å². The van der Waals surface area contributed by atoms with Crippen molar-refractivity contribution < 1.29 is 0 Å². The average molecular weight is 1300 g/mol. The van der Waals surface area contributed by atoms with Crippen LogP contribution >= 0.6 is 45.3 Å². The van der Waals surface area contributed by atoms with E-state index in [0.717, 1.165) is 146 Å². The fourth-order valence-corrected chi connectivity index (χ4v) is 20.9. The van der Waals surface area contributed by atoms with Gasteiger partial charge in [0.15, 0.2) is 0 Å². The number of nitrogens with zero attached hydrogens (tertiary/aromatic N) is 2. The van der Waals surface area contributed by atoms with Gasteiger partial charge in [-0.15, -0.1) is 45.3 Å². The Balaban J connectivity index is 1.02. The molecule has 92 heavy (non-hydrogen) atoms. The molecule has 0 aliphatic rings. The van der Waals surface area contributed by atoms with Crippen LogP contribution in [-0.2, 0) is 13.1 Å². The molecule has 0 amide bonds. The highest BCUT2D eigenvalue weighted by atomic mass is 32.1. The lowest BCUT2D eigenvalue weighted by Crippen LogP contribution is -2.36. The molecule has 0 saturated carbocycles. The Hall–Kier alpha value is -5.52.